The second kappa shape index (κ2) is 4.82. The van der Waals surface area contributed by atoms with Gasteiger partial charge in [-0.3, -0.25) is 4.79 Å². The zero-order chi connectivity index (χ0) is 12.3. The second-order valence-electron chi connectivity index (χ2n) is 4.92. The third-order valence-electron chi connectivity index (χ3n) is 2.85. The molecular weight excluding hydrogens is 208 g/mol. The lowest BCUT2D eigenvalue weighted by Crippen LogP contribution is -2.56. The first kappa shape index (κ1) is 13.0. The SMILES string of the molecule is CC(C)(N)C(=O)N1CCCCCC1C(=O)O. The molecule has 92 valence electrons. The number of carboxylic acid groups (broad SMARTS) is 1. The van der Waals surface area contributed by atoms with Crippen molar-refractivity contribution in [1.82, 2.24) is 4.90 Å². The Bertz CT molecular complexity index is 283. The molecule has 1 atom stereocenters. The van der Waals surface area contributed by atoms with E-state index in [-0.39, 0.29) is 5.91 Å². The summed E-state index contributed by atoms with van der Waals surface area (Å²) in [6, 6.07) is -0.710. The topological polar surface area (TPSA) is 83.6 Å². The number of likely N-dealkylation sites (tertiary alicyclic amines) is 1. The van der Waals surface area contributed by atoms with Gasteiger partial charge in [0.15, 0.2) is 0 Å². The number of carbonyl (C=O) groups excluding carboxylic acids is 1. The van der Waals surface area contributed by atoms with Crippen LogP contribution in [0.5, 0.6) is 0 Å². The highest BCUT2D eigenvalue weighted by Crippen LogP contribution is 2.19. The van der Waals surface area contributed by atoms with Gasteiger partial charge in [-0.2, -0.15) is 0 Å². The van der Waals surface area contributed by atoms with Gasteiger partial charge in [0.1, 0.15) is 6.04 Å². The number of rotatable bonds is 2. The van der Waals surface area contributed by atoms with Gasteiger partial charge in [-0.25, -0.2) is 4.79 Å². The van der Waals surface area contributed by atoms with Gasteiger partial charge in [-0.1, -0.05) is 12.8 Å². The Balaban J connectivity index is 2.87. The van der Waals surface area contributed by atoms with Crippen molar-refractivity contribution < 1.29 is 14.7 Å². The predicted octanol–water partition coefficient (Wildman–Crippen LogP) is 0.579. The van der Waals surface area contributed by atoms with Crippen LogP contribution in [-0.2, 0) is 9.59 Å². The van der Waals surface area contributed by atoms with Gasteiger partial charge in [-0.15, -0.1) is 0 Å². The van der Waals surface area contributed by atoms with Crippen molar-refractivity contribution in [2.45, 2.75) is 51.1 Å². The minimum atomic E-state index is -1.00. The van der Waals surface area contributed by atoms with Gasteiger partial charge in [0, 0.05) is 6.54 Å². The van der Waals surface area contributed by atoms with E-state index in [1.54, 1.807) is 13.8 Å². The van der Waals surface area contributed by atoms with Gasteiger partial charge < -0.3 is 15.7 Å². The number of hydrogen-bond acceptors (Lipinski definition) is 3. The van der Waals surface area contributed by atoms with Gasteiger partial charge in [0.2, 0.25) is 5.91 Å². The Labute approximate surface area is 95.6 Å². The van der Waals surface area contributed by atoms with Crippen molar-refractivity contribution in [1.29, 1.82) is 0 Å². The van der Waals surface area contributed by atoms with Crippen LogP contribution in [0.4, 0.5) is 0 Å². The lowest BCUT2D eigenvalue weighted by Gasteiger charge is -2.32. The maximum Gasteiger partial charge on any atom is 0.326 e. The summed E-state index contributed by atoms with van der Waals surface area (Å²) < 4.78 is 0. The molecule has 1 fully saturated rings. The molecule has 0 aromatic carbocycles. The summed E-state index contributed by atoms with van der Waals surface area (Å²) in [6.07, 6.45) is 3.20. The number of aliphatic carboxylic acids is 1. The molecule has 16 heavy (non-hydrogen) atoms. The average Bonchev–Trinajstić information content (AvgIpc) is 2.39. The lowest BCUT2D eigenvalue weighted by atomic mass is 10.0. The standard InChI is InChI=1S/C11H20N2O3/c1-11(2,12)10(16)13-7-5-3-4-6-8(13)9(14)15/h8H,3-7,12H2,1-2H3,(H,14,15). The number of carbonyl (C=O) groups is 2. The monoisotopic (exact) mass is 228 g/mol. The van der Waals surface area contributed by atoms with Gasteiger partial charge in [-0.05, 0) is 26.7 Å². The van der Waals surface area contributed by atoms with Crippen LogP contribution in [0.2, 0.25) is 0 Å². The molecule has 0 bridgehead atoms. The van der Waals surface area contributed by atoms with Crippen molar-refractivity contribution in [3.8, 4) is 0 Å². The van der Waals surface area contributed by atoms with E-state index in [0.29, 0.717) is 13.0 Å². The first-order chi connectivity index (χ1) is 7.34. The smallest absolute Gasteiger partial charge is 0.326 e. The molecule has 1 aliphatic heterocycles. The van der Waals surface area contributed by atoms with Crippen LogP contribution in [0.15, 0.2) is 0 Å². The van der Waals surface area contributed by atoms with Gasteiger partial charge in [0.05, 0.1) is 5.54 Å². The zero-order valence-corrected chi connectivity index (χ0v) is 9.90. The molecule has 1 heterocycles. The molecule has 1 amide bonds. The Morgan fingerprint density at radius 2 is 1.94 bits per heavy atom. The maximum absolute atomic E-state index is 12.0. The fourth-order valence-corrected chi connectivity index (χ4v) is 1.98. The Morgan fingerprint density at radius 1 is 1.31 bits per heavy atom. The minimum absolute atomic E-state index is 0.276. The first-order valence-corrected chi connectivity index (χ1v) is 5.67. The van der Waals surface area contributed by atoms with E-state index in [1.165, 1.54) is 4.90 Å². The van der Waals surface area contributed by atoms with Crippen molar-refractivity contribution in [2.75, 3.05) is 6.54 Å². The molecular formula is C11H20N2O3. The summed E-state index contributed by atoms with van der Waals surface area (Å²) in [5, 5.41) is 9.11. The van der Waals surface area contributed by atoms with E-state index in [0.717, 1.165) is 19.3 Å². The molecule has 0 aromatic rings. The Morgan fingerprint density at radius 3 is 2.44 bits per heavy atom. The van der Waals surface area contributed by atoms with Gasteiger partial charge in [0.25, 0.3) is 0 Å². The van der Waals surface area contributed by atoms with E-state index >= 15 is 0 Å². The highest BCUT2D eigenvalue weighted by molar-refractivity contribution is 5.89. The number of nitrogens with zero attached hydrogens (tertiary/aromatic N) is 1. The molecule has 0 saturated carbocycles. The van der Waals surface area contributed by atoms with Crippen LogP contribution in [0.25, 0.3) is 0 Å². The summed E-state index contributed by atoms with van der Waals surface area (Å²) in [5.41, 5.74) is 4.74. The fraction of sp³-hybridized carbons (Fsp3) is 0.818. The van der Waals surface area contributed by atoms with E-state index in [9.17, 15) is 9.59 Å². The summed E-state index contributed by atoms with van der Waals surface area (Å²) in [4.78, 5) is 24.6. The summed E-state index contributed by atoms with van der Waals surface area (Å²) in [5.74, 6) is -1.21. The molecule has 1 rings (SSSR count). The Kier molecular flexibility index (Phi) is 3.91. The van der Waals surface area contributed by atoms with E-state index in [4.69, 9.17) is 10.8 Å². The van der Waals surface area contributed by atoms with Crippen molar-refractivity contribution in [3.63, 3.8) is 0 Å². The summed E-state index contributed by atoms with van der Waals surface area (Å²) >= 11 is 0. The van der Waals surface area contributed by atoms with Crippen LogP contribution < -0.4 is 5.73 Å². The number of amides is 1. The normalized spacial score (nSPS) is 22.7. The number of nitrogens with two attached hydrogens (primary N) is 1. The van der Waals surface area contributed by atoms with E-state index in [2.05, 4.69) is 0 Å². The van der Waals surface area contributed by atoms with Crippen molar-refractivity contribution in [3.05, 3.63) is 0 Å². The van der Waals surface area contributed by atoms with Gasteiger partial charge >= 0.3 is 5.97 Å². The second-order valence-corrected chi connectivity index (χ2v) is 4.92. The molecule has 0 aromatic heterocycles. The van der Waals surface area contributed by atoms with E-state index < -0.39 is 17.6 Å². The van der Waals surface area contributed by atoms with Crippen LogP contribution in [0.1, 0.15) is 39.5 Å². The molecule has 0 radical (unpaired) electrons. The molecule has 3 N–H and O–H groups in total. The summed E-state index contributed by atoms with van der Waals surface area (Å²) in [7, 11) is 0. The maximum atomic E-state index is 12.0. The third-order valence-corrected chi connectivity index (χ3v) is 2.85. The molecule has 1 saturated heterocycles. The highest BCUT2D eigenvalue weighted by atomic mass is 16.4. The first-order valence-electron chi connectivity index (χ1n) is 5.67. The van der Waals surface area contributed by atoms with Crippen molar-refractivity contribution >= 4 is 11.9 Å². The molecule has 5 heteroatoms. The number of carboxylic acids is 1. The minimum Gasteiger partial charge on any atom is -0.480 e. The average molecular weight is 228 g/mol. The molecule has 0 spiro atoms. The van der Waals surface area contributed by atoms with Crippen LogP contribution in [-0.4, -0.2) is 40.0 Å². The molecule has 5 nitrogen and oxygen atoms in total. The molecule has 1 aliphatic rings. The summed E-state index contributed by atoms with van der Waals surface area (Å²) in [6.45, 7) is 3.72. The lowest BCUT2D eigenvalue weighted by molar-refractivity contribution is -0.152. The molecule has 1 unspecified atom stereocenters. The molecule has 0 aliphatic carbocycles. The van der Waals surface area contributed by atoms with Crippen LogP contribution >= 0.6 is 0 Å². The Hall–Kier alpha value is -1.10. The quantitative estimate of drug-likeness (QED) is 0.724. The predicted molar refractivity (Wildman–Crippen MR) is 59.9 cm³/mol. The largest absolute Gasteiger partial charge is 0.480 e. The number of hydrogen-bond donors (Lipinski definition) is 2. The zero-order valence-electron chi connectivity index (χ0n) is 9.90. The van der Waals surface area contributed by atoms with Crippen molar-refractivity contribution in [2.24, 2.45) is 5.73 Å². The fourth-order valence-electron chi connectivity index (χ4n) is 1.98. The van der Waals surface area contributed by atoms with Crippen LogP contribution in [0.3, 0.4) is 0 Å². The highest BCUT2D eigenvalue weighted by Gasteiger charge is 2.36. The van der Waals surface area contributed by atoms with Crippen LogP contribution in [0, 0.1) is 0 Å². The van der Waals surface area contributed by atoms with E-state index in [1.807, 2.05) is 0 Å². The third kappa shape index (κ3) is 2.95.